The van der Waals surface area contributed by atoms with Crippen molar-refractivity contribution in [3.63, 3.8) is 0 Å². The third kappa shape index (κ3) is 1.90. The molecular formula is C14H12N2O3S. The summed E-state index contributed by atoms with van der Waals surface area (Å²) in [5.41, 5.74) is 1.11. The van der Waals surface area contributed by atoms with Gasteiger partial charge in [-0.3, -0.25) is 0 Å². The van der Waals surface area contributed by atoms with Crippen molar-refractivity contribution in [2.24, 2.45) is 0 Å². The standard InChI is InChI=1S/C14H12N2O3S/c17-10-11-5-4-8-14-13(11)9-15-16(14)20(18,19)12-6-2-1-3-7-12/h1-9,17H,10H2. The van der Waals surface area contributed by atoms with Crippen LogP contribution in [0.2, 0.25) is 0 Å². The first-order valence-electron chi connectivity index (χ1n) is 6.01. The zero-order valence-electron chi connectivity index (χ0n) is 10.5. The van der Waals surface area contributed by atoms with Crippen LogP contribution in [-0.4, -0.2) is 22.7 Å². The molecule has 0 fully saturated rings. The van der Waals surface area contributed by atoms with Crippen LogP contribution in [0.4, 0.5) is 0 Å². The van der Waals surface area contributed by atoms with E-state index in [1.54, 1.807) is 36.4 Å². The minimum absolute atomic E-state index is 0.158. The van der Waals surface area contributed by atoms with E-state index < -0.39 is 10.0 Å². The third-order valence-corrected chi connectivity index (χ3v) is 4.72. The maximum atomic E-state index is 12.5. The van der Waals surface area contributed by atoms with Gasteiger partial charge >= 0.3 is 0 Å². The second-order valence-electron chi connectivity index (χ2n) is 4.31. The molecule has 0 saturated carbocycles. The molecule has 5 nitrogen and oxygen atoms in total. The number of hydrogen-bond acceptors (Lipinski definition) is 4. The van der Waals surface area contributed by atoms with Gasteiger partial charge in [0.15, 0.2) is 0 Å². The minimum Gasteiger partial charge on any atom is -0.392 e. The van der Waals surface area contributed by atoms with Gasteiger partial charge in [0.1, 0.15) is 0 Å². The van der Waals surface area contributed by atoms with Crippen molar-refractivity contribution in [2.45, 2.75) is 11.5 Å². The summed E-state index contributed by atoms with van der Waals surface area (Å²) in [5.74, 6) is 0. The predicted molar refractivity (Wildman–Crippen MR) is 74.7 cm³/mol. The SMILES string of the molecule is O=S(=O)(c1ccccc1)n1ncc2c(CO)cccc21. The van der Waals surface area contributed by atoms with Crippen LogP contribution in [0.25, 0.3) is 10.9 Å². The van der Waals surface area contributed by atoms with Crippen LogP contribution in [0.1, 0.15) is 5.56 Å². The Hall–Kier alpha value is -2.18. The fourth-order valence-corrected chi connectivity index (χ4v) is 3.40. The fraction of sp³-hybridized carbons (Fsp3) is 0.0714. The highest BCUT2D eigenvalue weighted by Gasteiger charge is 2.20. The molecule has 0 atom stereocenters. The Labute approximate surface area is 116 Å². The van der Waals surface area contributed by atoms with Gasteiger partial charge < -0.3 is 5.11 Å². The molecule has 1 N–H and O–H groups in total. The lowest BCUT2D eigenvalue weighted by atomic mass is 10.1. The van der Waals surface area contributed by atoms with Gasteiger partial charge in [0.25, 0.3) is 10.0 Å². The summed E-state index contributed by atoms with van der Waals surface area (Å²) in [6.07, 6.45) is 1.46. The highest BCUT2D eigenvalue weighted by Crippen LogP contribution is 2.22. The van der Waals surface area contributed by atoms with Crippen molar-refractivity contribution in [3.8, 4) is 0 Å². The summed E-state index contributed by atoms with van der Waals surface area (Å²) in [5, 5.41) is 13.9. The molecule has 0 aliphatic rings. The Morgan fingerprint density at radius 1 is 1.05 bits per heavy atom. The quantitative estimate of drug-likeness (QED) is 0.797. The molecule has 1 aromatic heterocycles. The van der Waals surface area contributed by atoms with E-state index in [-0.39, 0.29) is 11.5 Å². The molecule has 0 amide bonds. The van der Waals surface area contributed by atoms with E-state index in [2.05, 4.69) is 5.10 Å². The minimum atomic E-state index is -3.72. The lowest BCUT2D eigenvalue weighted by Gasteiger charge is -2.06. The molecule has 3 rings (SSSR count). The van der Waals surface area contributed by atoms with Gasteiger partial charge in [-0.1, -0.05) is 30.3 Å². The Bertz CT molecular complexity index is 855. The summed E-state index contributed by atoms with van der Waals surface area (Å²) in [6, 6.07) is 13.2. The Kier molecular flexibility index (Phi) is 3.04. The van der Waals surface area contributed by atoms with Crippen LogP contribution in [0, 0.1) is 0 Å². The van der Waals surface area contributed by atoms with E-state index in [1.807, 2.05) is 0 Å². The summed E-state index contributed by atoms with van der Waals surface area (Å²) >= 11 is 0. The molecule has 0 aliphatic heterocycles. The van der Waals surface area contributed by atoms with Crippen molar-refractivity contribution < 1.29 is 13.5 Å². The van der Waals surface area contributed by atoms with Gasteiger partial charge in [0, 0.05) is 5.39 Å². The van der Waals surface area contributed by atoms with E-state index in [4.69, 9.17) is 0 Å². The van der Waals surface area contributed by atoms with E-state index >= 15 is 0 Å². The normalized spacial score (nSPS) is 11.8. The molecular weight excluding hydrogens is 276 g/mol. The number of fused-ring (bicyclic) bond motifs is 1. The molecule has 3 aromatic rings. The molecule has 0 aliphatic carbocycles. The molecule has 1 heterocycles. The topological polar surface area (TPSA) is 72.2 Å². The lowest BCUT2D eigenvalue weighted by Crippen LogP contribution is -2.14. The monoisotopic (exact) mass is 288 g/mol. The maximum absolute atomic E-state index is 12.5. The van der Waals surface area contributed by atoms with Gasteiger partial charge in [-0.2, -0.15) is 17.6 Å². The highest BCUT2D eigenvalue weighted by atomic mass is 32.2. The summed E-state index contributed by atoms with van der Waals surface area (Å²) in [7, 11) is -3.72. The van der Waals surface area contributed by atoms with Gasteiger partial charge in [-0.25, -0.2) is 0 Å². The number of aliphatic hydroxyl groups excluding tert-OH is 1. The first-order valence-corrected chi connectivity index (χ1v) is 7.46. The van der Waals surface area contributed by atoms with Crippen LogP contribution in [0.15, 0.2) is 59.6 Å². The van der Waals surface area contributed by atoms with Crippen LogP contribution < -0.4 is 0 Å². The second-order valence-corrected chi connectivity index (χ2v) is 6.08. The van der Waals surface area contributed by atoms with Crippen molar-refractivity contribution in [2.75, 3.05) is 0 Å². The van der Waals surface area contributed by atoms with Gasteiger partial charge in [0.2, 0.25) is 0 Å². The lowest BCUT2D eigenvalue weighted by molar-refractivity contribution is 0.283. The van der Waals surface area contributed by atoms with E-state index in [1.165, 1.54) is 18.3 Å². The fourth-order valence-electron chi connectivity index (χ4n) is 2.11. The van der Waals surface area contributed by atoms with Crippen molar-refractivity contribution in [1.82, 2.24) is 9.19 Å². The molecule has 2 aromatic carbocycles. The zero-order chi connectivity index (χ0) is 14.2. The molecule has 6 heteroatoms. The van der Waals surface area contributed by atoms with Crippen LogP contribution in [0.3, 0.4) is 0 Å². The van der Waals surface area contributed by atoms with Crippen molar-refractivity contribution in [1.29, 1.82) is 0 Å². The van der Waals surface area contributed by atoms with Crippen LogP contribution in [0.5, 0.6) is 0 Å². The maximum Gasteiger partial charge on any atom is 0.283 e. The third-order valence-electron chi connectivity index (χ3n) is 3.11. The first-order chi connectivity index (χ1) is 9.64. The largest absolute Gasteiger partial charge is 0.392 e. The van der Waals surface area contributed by atoms with E-state index in [0.29, 0.717) is 16.5 Å². The zero-order valence-corrected chi connectivity index (χ0v) is 11.3. The van der Waals surface area contributed by atoms with E-state index in [9.17, 15) is 13.5 Å². The Morgan fingerprint density at radius 2 is 1.80 bits per heavy atom. The molecule has 0 unspecified atom stereocenters. The first kappa shape index (κ1) is 12.8. The van der Waals surface area contributed by atoms with Gasteiger partial charge in [0.05, 0.1) is 23.2 Å². The number of nitrogens with zero attached hydrogens (tertiary/aromatic N) is 2. The summed E-state index contributed by atoms with van der Waals surface area (Å²) in [6.45, 7) is -0.158. The predicted octanol–water partition coefficient (Wildman–Crippen LogP) is 1.77. The smallest absolute Gasteiger partial charge is 0.283 e. The molecule has 20 heavy (non-hydrogen) atoms. The number of hydrogen-bond donors (Lipinski definition) is 1. The average molecular weight is 288 g/mol. The van der Waals surface area contributed by atoms with Crippen LogP contribution >= 0.6 is 0 Å². The number of aliphatic hydroxyl groups is 1. The molecule has 0 saturated heterocycles. The molecule has 0 radical (unpaired) electrons. The highest BCUT2D eigenvalue weighted by molar-refractivity contribution is 7.90. The molecule has 102 valence electrons. The summed E-state index contributed by atoms with van der Waals surface area (Å²) < 4.78 is 26.1. The van der Waals surface area contributed by atoms with Gasteiger partial charge in [-0.15, -0.1) is 0 Å². The van der Waals surface area contributed by atoms with Crippen LogP contribution in [-0.2, 0) is 16.6 Å². The number of rotatable bonds is 3. The van der Waals surface area contributed by atoms with E-state index in [0.717, 1.165) is 4.09 Å². The molecule has 0 bridgehead atoms. The second kappa shape index (κ2) is 4.73. The van der Waals surface area contributed by atoms with Crippen molar-refractivity contribution >= 4 is 20.9 Å². The number of aromatic nitrogens is 2. The van der Waals surface area contributed by atoms with Crippen molar-refractivity contribution in [3.05, 3.63) is 60.3 Å². The average Bonchev–Trinajstić information content (AvgIpc) is 2.92. The Balaban J connectivity index is 2.26. The summed E-state index contributed by atoms with van der Waals surface area (Å²) in [4.78, 5) is 0.180. The molecule has 0 spiro atoms. The number of benzene rings is 2. The van der Waals surface area contributed by atoms with Gasteiger partial charge in [-0.05, 0) is 23.8 Å². The Morgan fingerprint density at radius 3 is 2.50 bits per heavy atom.